The molecule has 0 N–H and O–H groups in total. The van der Waals surface area contributed by atoms with Crippen LogP contribution in [-0.2, 0) is 11.2 Å². The van der Waals surface area contributed by atoms with Gasteiger partial charge in [0, 0.05) is 44.7 Å². The number of aromatic nitrogens is 1. The molecule has 0 bridgehead atoms. The van der Waals surface area contributed by atoms with Crippen molar-refractivity contribution in [1.29, 1.82) is 0 Å². The van der Waals surface area contributed by atoms with Crippen LogP contribution >= 0.6 is 0 Å². The van der Waals surface area contributed by atoms with Gasteiger partial charge in [0.1, 0.15) is 11.4 Å². The number of ether oxygens (including phenoxy) is 1. The van der Waals surface area contributed by atoms with E-state index in [-0.39, 0.29) is 11.5 Å². The summed E-state index contributed by atoms with van der Waals surface area (Å²) in [6.45, 7) is 3.56. The summed E-state index contributed by atoms with van der Waals surface area (Å²) in [5.74, 6) is 1.27. The molecule has 1 aromatic heterocycles. The van der Waals surface area contributed by atoms with Crippen LogP contribution < -0.4 is 4.74 Å². The van der Waals surface area contributed by atoms with E-state index in [1.165, 1.54) is 16.7 Å². The van der Waals surface area contributed by atoms with Gasteiger partial charge in [0.05, 0.1) is 0 Å². The van der Waals surface area contributed by atoms with Crippen molar-refractivity contribution >= 4 is 5.91 Å². The van der Waals surface area contributed by atoms with Crippen LogP contribution in [0, 0.1) is 0 Å². The molecule has 3 heterocycles. The Balaban J connectivity index is 1.50. The van der Waals surface area contributed by atoms with Gasteiger partial charge in [0.2, 0.25) is 5.91 Å². The van der Waals surface area contributed by atoms with E-state index in [9.17, 15) is 4.79 Å². The van der Waals surface area contributed by atoms with Crippen molar-refractivity contribution in [2.24, 2.45) is 0 Å². The molecule has 4 rings (SSSR count). The zero-order valence-corrected chi connectivity index (χ0v) is 14.7. The topological polar surface area (TPSA) is 42.4 Å². The van der Waals surface area contributed by atoms with Gasteiger partial charge in [-0.1, -0.05) is 13.0 Å². The van der Waals surface area contributed by atoms with Crippen LogP contribution in [0.3, 0.4) is 0 Å². The lowest BCUT2D eigenvalue weighted by molar-refractivity contribution is -0.134. The van der Waals surface area contributed by atoms with Gasteiger partial charge in [-0.25, -0.2) is 0 Å². The fraction of sp³-hybridized carbons (Fsp3) is 0.429. The van der Waals surface area contributed by atoms with Crippen molar-refractivity contribution in [2.45, 2.75) is 44.6 Å². The average molecular weight is 336 g/mol. The summed E-state index contributed by atoms with van der Waals surface area (Å²) in [6.07, 6.45) is 8.18. The molecule has 1 saturated heterocycles. The second-order valence-electron chi connectivity index (χ2n) is 7.08. The minimum Gasteiger partial charge on any atom is -0.487 e. The van der Waals surface area contributed by atoms with Crippen molar-refractivity contribution in [3.63, 3.8) is 0 Å². The number of benzene rings is 1. The van der Waals surface area contributed by atoms with Crippen LogP contribution in [0.15, 0.2) is 42.7 Å². The van der Waals surface area contributed by atoms with Gasteiger partial charge < -0.3 is 9.64 Å². The maximum Gasteiger partial charge on any atom is 0.222 e. The summed E-state index contributed by atoms with van der Waals surface area (Å²) in [6, 6.07) is 10.5. The molecule has 25 heavy (non-hydrogen) atoms. The number of likely N-dealkylation sites (tertiary alicyclic amines) is 1. The molecule has 0 unspecified atom stereocenters. The first-order valence-corrected chi connectivity index (χ1v) is 9.19. The Bertz CT molecular complexity index is 765. The van der Waals surface area contributed by atoms with Crippen molar-refractivity contribution < 1.29 is 9.53 Å². The standard InChI is InChI=1S/C21H24N2O2/c1-2-20(24)23-13-9-21(10-14-23)8-5-18-15-17(3-4-19(18)25-21)16-6-11-22-12-7-16/h3-4,6-7,11-12,15H,2,5,8-10,13-14H2,1H3. The second kappa shape index (κ2) is 6.51. The maximum absolute atomic E-state index is 11.9. The first-order chi connectivity index (χ1) is 12.2. The number of pyridine rings is 1. The lowest BCUT2D eigenvalue weighted by Gasteiger charge is -2.44. The summed E-state index contributed by atoms with van der Waals surface area (Å²) < 4.78 is 6.46. The van der Waals surface area contributed by atoms with Crippen molar-refractivity contribution in [2.75, 3.05) is 13.1 Å². The van der Waals surface area contributed by atoms with Gasteiger partial charge in [-0.05, 0) is 53.8 Å². The second-order valence-corrected chi connectivity index (χ2v) is 7.08. The van der Waals surface area contributed by atoms with Crippen LogP contribution in [0.1, 0.15) is 38.2 Å². The lowest BCUT2D eigenvalue weighted by atomic mass is 9.82. The molecule has 1 fully saturated rings. The quantitative estimate of drug-likeness (QED) is 0.837. The monoisotopic (exact) mass is 336 g/mol. The first-order valence-electron chi connectivity index (χ1n) is 9.19. The molecule has 130 valence electrons. The van der Waals surface area contributed by atoms with Gasteiger partial charge in [-0.2, -0.15) is 0 Å². The van der Waals surface area contributed by atoms with E-state index in [1.807, 2.05) is 36.4 Å². The predicted molar refractivity (Wildman–Crippen MR) is 97.5 cm³/mol. The molecule has 2 aliphatic heterocycles. The van der Waals surface area contributed by atoms with E-state index in [1.54, 1.807) is 0 Å². The summed E-state index contributed by atoms with van der Waals surface area (Å²) in [4.78, 5) is 18.0. The summed E-state index contributed by atoms with van der Waals surface area (Å²) >= 11 is 0. The number of rotatable bonds is 2. The van der Waals surface area contributed by atoms with Crippen LogP contribution in [-0.4, -0.2) is 34.5 Å². The highest BCUT2D eigenvalue weighted by Gasteiger charge is 2.40. The molecule has 1 amide bonds. The van der Waals surface area contributed by atoms with E-state index in [0.717, 1.165) is 44.5 Å². The Hall–Kier alpha value is -2.36. The van der Waals surface area contributed by atoms with Crippen molar-refractivity contribution in [1.82, 2.24) is 9.88 Å². The molecule has 2 aliphatic rings. The zero-order valence-electron chi connectivity index (χ0n) is 14.7. The Morgan fingerprint density at radius 3 is 2.60 bits per heavy atom. The highest BCUT2D eigenvalue weighted by molar-refractivity contribution is 5.75. The summed E-state index contributed by atoms with van der Waals surface area (Å²) in [7, 11) is 0. The van der Waals surface area contributed by atoms with Gasteiger partial charge in [0.15, 0.2) is 0 Å². The van der Waals surface area contributed by atoms with E-state index in [4.69, 9.17) is 4.74 Å². The fourth-order valence-corrected chi connectivity index (χ4v) is 3.98. The summed E-state index contributed by atoms with van der Waals surface area (Å²) in [5.41, 5.74) is 3.59. The van der Waals surface area contributed by atoms with Crippen LogP contribution in [0.5, 0.6) is 5.75 Å². The molecule has 4 heteroatoms. The van der Waals surface area contributed by atoms with E-state index in [2.05, 4.69) is 23.2 Å². The molecule has 1 spiro atoms. The number of hydrogen-bond donors (Lipinski definition) is 0. The number of fused-ring (bicyclic) bond motifs is 1. The van der Waals surface area contributed by atoms with E-state index in [0.29, 0.717) is 6.42 Å². The number of amides is 1. The number of nitrogens with zero attached hydrogens (tertiary/aromatic N) is 2. The lowest BCUT2D eigenvalue weighted by Crippen LogP contribution is -2.51. The molecular weight excluding hydrogens is 312 g/mol. The molecule has 1 aromatic carbocycles. The predicted octanol–water partition coefficient (Wildman–Crippen LogP) is 3.84. The van der Waals surface area contributed by atoms with Crippen molar-refractivity contribution in [3.05, 3.63) is 48.3 Å². The maximum atomic E-state index is 11.9. The normalized spacial score (nSPS) is 18.5. The third-order valence-corrected chi connectivity index (χ3v) is 5.58. The van der Waals surface area contributed by atoms with Crippen LogP contribution in [0.4, 0.5) is 0 Å². The molecule has 4 nitrogen and oxygen atoms in total. The van der Waals surface area contributed by atoms with Gasteiger partial charge in [-0.3, -0.25) is 9.78 Å². The zero-order chi connectivity index (χ0) is 17.3. The van der Waals surface area contributed by atoms with E-state index < -0.39 is 0 Å². The highest BCUT2D eigenvalue weighted by atomic mass is 16.5. The molecule has 0 radical (unpaired) electrons. The number of hydrogen-bond acceptors (Lipinski definition) is 3. The largest absolute Gasteiger partial charge is 0.487 e. The van der Waals surface area contributed by atoms with Gasteiger partial charge in [-0.15, -0.1) is 0 Å². The molecule has 0 atom stereocenters. The smallest absolute Gasteiger partial charge is 0.222 e. The molecule has 2 aromatic rings. The summed E-state index contributed by atoms with van der Waals surface area (Å²) in [5, 5.41) is 0. The Labute approximate surface area is 148 Å². The highest BCUT2D eigenvalue weighted by Crippen LogP contribution is 2.40. The third kappa shape index (κ3) is 3.13. The van der Waals surface area contributed by atoms with E-state index >= 15 is 0 Å². The molecular formula is C21H24N2O2. The Morgan fingerprint density at radius 2 is 1.88 bits per heavy atom. The number of aryl methyl sites for hydroxylation is 1. The van der Waals surface area contributed by atoms with Gasteiger partial charge in [0.25, 0.3) is 0 Å². The Kier molecular flexibility index (Phi) is 4.20. The minimum atomic E-state index is -0.0876. The SMILES string of the molecule is CCC(=O)N1CCC2(CCc3cc(-c4ccncc4)ccc3O2)CC1. The Morgan fingerprint density at radius 1 is 1.12 bits per heavy atom. The third-order valence-electron chi connectivity index (χ3n) is 5.58. The van der Waals surface area contributed by atoms with Crippen LogP contribution in [0.25, 0.3) is 11.1 Å². The average Bonchev–Trinajstić information content (AvgIpc) is 2.68. The number of carbonyl (C=O) groups excluding carboxylic acids is 1. The minimum absolute atomic E-state index is 0.0876. The van der Waals surface area contributed by atoms with Crippen LogP contribution in [0.2, 0.25) is 0 Å². The first kappa shape index (κ1) is 16.1. The molecule has 0 saturated carbocycles. The van der Waals surface area contributed by atoms with Gasteiger partial charge >= 0.3 is 0 Å². The number of carbonyl (C=O) groups is 1. The molecule has 0 aliphatic carbocycles. The fourth-order valence-electron chi connectivity index (χ4n) is 3.98. The number of piperidine rings is 1. The van der Waals surface area contributed by atoms with Crippen molar-refractivity contribution in [3.8, 4) is 16.9 Å².